The third-order valence-corrected chi connectivity index (χ3v) is 7.30. The monoisotopic (exact) mass is 408 g/mol. The zero-order valence-corrected chi connectivity index (χ0v) is 19.1. The van der Waals surface area contributed by atoms with E-state index in [-0.39, 0.29) is 0 Å². The fourth-order valence-corrected chi connectivity index (χ4v) is 5.56. The summed E-state index contributed by atoms with van der Waals surface area (Å²) in [6, 6.07) is 22.8. The summed E-state index contributed by atoms with van der Waals surface area (Å²) in [7, 11) is 8.61. The molecule has 0 aliphatic heterocycles. The Morgan fingerprint density at radius 1 is 0.741 bits per heavy atom. The van der Waals surface area contributed by atoms with Crippen molar-refractivity contribution in [1.29, 1.82) is 0 Å². The maximum absolute atomic E-state index is 2.92. The van der Waals surface area contributed by atoms with E-state index in [9.17, 15) is 0 Å². The molecule has 0 nitrogen and oxygen atoms in total. The van der Waals surface area contributed by atoms with Crippen molar-refractivity contribution in [2.75, 3.05) is 6.16 Å². The fourth-order valence-electron chi connectivity index (χ4n) is 4.29. The number of rotatable bonds is 5. The molecular formula is C24H27P3. The molecular weight excluding hydrogens is 381 g/mol. The van der Waals surface area contributed by atoms with E-state index < -0.39 is 0 Å². The summed E-state index contributed by atoms with van der Waals surface area (Å²) in [5.41, 5.74) is 11.3. The van der Waals surface area contributed by atoms with E-state index in [2.05, 4.69) is 88.4 Å². The first kappa shape index (κ1) is 19.3. The van der Waals surface area contributed by atoms with E-state index in [0.29, 0.717) is 5.92 Å². The summed E-state index contributed by atoms with van der Waals surface area (Å²) in [6.45, 7) is 0. The number of fused-ring (bicyclic) bond motifs is 1. The van der Waals surface area contributed by atoms with Crippen LogP contribution in [-0.2, 0) is 18.7 Å². The summed E-state index contributed by atoms with van der Waals surface area (Å²) in [6.07, 6.45) is 5.68. The molecule has 0 heterocycles. The lowest BCUT2D eigenvalue weighted by Crippen LogP contribution is -1.94. The molecule has 0 saturated carbocycles. The highest BCUT2D eigenvalue weighted by molar-refractivity contribution is 7.16. The number of hydrogen-bond acceptors (Lipinski definition) is 0. The minimum absolute atomic E-state index is 0.713. The van der Waals surface area contributed by atoms with Crippen LogP contribution >= 0.6 is 27.7 Å². The molecule has 0 radical (unpaired) electrons. The summed E-state index contributed by atoms with van der Waals surface area (Å²) in [5.74, 6) is 0.713. The molecule has 27 heavy (non-hydrogen) atoms. The molecule has 0 spiro atoms. The van der Waals surface area contributed by atoms with E-state index in [1.807, 2.05) is 0 Å². The maximum Gasteiger partial charge on any atom is -0.0121 e. The van der Waals surface area contributed by atoms with E-state index >= 15 is 0 Å². The van der Waals surface area contributed by atoms with Crippen LogP contribution in [0.3, 0.4) is 0 Å². The Labute approximate surface area is 170 Å². The van der Waals surface area contributed by atoms with Gasteiger partial charge in [0.05, 0.1) is 0 Å². The summed E-state index contributed by atoms with van der Waals surface area (Å²) in [4.78, 5) is 0. The van der Waals surface area contributed by atoms with Gasteiger partial charge in [-0.25, -0.2) is 0 Å². The topological polar surface area (TPSA) is 0 Å². The van der Waals surface area contributed by atoms with Crippen LogP contribution in [0.4, 0.5) is 0 Å². The normalized spacial score (nSPS) is 15.7. The Bertz CT molecular complexity index is 944. The van der Waals surface area contributed by atoms with Crippen molar-refractivity contribution in [3.05, 3.63) is 82.9 Å². The Hall–Kier alpha value is -1.05. The lowest BCUT2D eigenvalue weighted by molar-refractivity contribution is 0.757. The molecule has 3 aromatic carbocycles. The van der Waals surface area contributed by atoms with E-state index in [0.717, 1.165) is 12.3 Å². The standard InChI is InChI=1S/C24H27P3/c25-13-19-9-8-18(12-21(19)15-27)16-4-6-17(7-5-16)22-2-1-3-23-20(14-26)10-11-24(22)23/h1-9,12,20H,10-11,13-15,25-27H2. The van der Waals surface area contributed by atoms with Crippen LogP contribution < -0.4 is 0 Å². The smallest absolute Gasteiger partial charge is 0.0121 e. The van der Waals surface area contributed by atoms with Crippen LogP contribution in [0.1, 0.15) is 34.6 Å². The average molecular weight is 408 g/mol. The Morgan fingerprint density at radius 2 is 1.44 bits per heavy atom. The lowest BCUT2D eigenvalue weighted by Gasteiger charge is -2.13. The Balaban J connectivity index is 1.67. The molecule has 4 atom stereocenters. The van der Waals surface area contributed by atoms with Gasteiger partial charge in [0.25, 0.3) is 0 Å². The van der Waals surface area contributed by atoms with Crippen molar-refractivity contribution in [3.63, 3.8) is 0 Å². The average Bonchev–Trinajstić information content (AvgIpc) is 3.16. The first-order valence-corrected chi connectivity index (χ1v) is 12.1. The van der Waals surface area contributed by atoms with Crippen molar-refractivity contribution >= 4 is 27.7 Å². The highest BCUT2D eigenvalue weighted by atomic mass is 31.0. The maximum atomic E-state index is 2.92. The highest BCUT2D eigenvalue weighted by Gasteiger charge is 2.23. The van der Waals surface area contributed by atoms with Gasteiger partial charge in [0.15, 0.2) is 0 Å². The van der Waals surface area contributed by atoms with Crippen LogP contribution in [0.5, 0.6) is 0 Å². The van der Waals surface area contributed by atoms with Gasteiger partial charge >= 0.3 is 0 Å². The van der Waals surface area contributed by atoms with Crippen molar-refractivity contribution in [3.8, 4) is 22.3 Å². The van der Waals surface area contributed by atoms with Crippen LogP contribution in [0.25, 0.3) is 22.3 Å². The van der Waals surface area contributed by atoms with E-state index in [4.69, 9.17) is 0 Å². The van der Waals surface area contributed by atoms with Gasteiger partial charge in [-0.1, -0.05) is 60.7 Å². The van der Waals surface area contributed by atoms with Gasteiger partial charge in [-0.2, -0.15) is 0 Å². The predicted octanol–water partition coefficient (Wildman–Crippen LogP) is 6.68. The molecule has 3 heteroatoms. The van der Waals surface area contributed by atoms with Crippen molar-refractivity contribution in [2.24, 2.45) is 0 Å². The zero-order valence-electron chi connectivity index (χ0n) is 15.6. The predicted molar refractivity (Wildman–Crippen MR) is 130 cm³/mol. The molecule has 138 valence electrons. The van der Waals surface area contributed by atoms with E-state index in [1.54, 1.807) is 11.1 Å². The largest absolute Gasteiger partial charge is 0.137 e. The third-order valence-electron chi connectivity index (χ3n) is 5.85. The van der Waals surface area contributed by atoms with Gasteiger partial charge in [-0.15, -0.1) is 27.7 Å². The molecule has 0 amide bonds. The van der Waals surface area contributed by atoms with Crippen LogP contribution in [-0.4, -0.2) is 6.16 Å². The van der Waals surface area contributed by atoms with Crippen LogP contribution in [0.15, 0.2) is 60.7 Å². The lowest BCUT2D eigenvalue weighted by atomic mass is 9.93. The summed E-state index contributed by atoms with van der Waals surface area (Å²) >= 11 is 0. The van der Waals surface area contributed by atoms with Gasteiger partial charge in [0.2, 0.25) is 0 Å². The molecule has 0 N–H and O–H groups in total. The van der Waals surface area contributed by atoms with Crippen molar-refractivity contribution in [2.45, 2.75) is 31.1 Å². The molecule has 3 aromatic rings. The van der Waals surface area contributed by atoms with E-state index in [1.165, 1.54) is 52.4 Å². The third kappa shape index (κ3) is 3.78. The van der Waals surface area contributed by atoms with Gasteiger partial charge in [0.1, 0.15) is 0 Å². The second kappa shape index (κ2) is 8.53. The first-order chi connectivity index (χ1) is 13.2. The SMILES string of the molecule is PCc1ccc(-c2ccc(-c3cccc4c3CCC4CP)cc2)cc1CP. The molecule has 1 aliphatic carbocycles. The van der Waals surface area contributed by atoms with Crippen LogP contribution in [0.2, 0.25) is 0 Å². The quantitative estimate of drug-likeness (QED) is 0.413. The van der Waals surface area contributed by atoms with Gasteiger partial charge in [0, 0.05) is 0 Å². The second-order valence-corrected chi connectivity index (χ2v) is 8.60. The van der Waals surface area contributed by atoms with Crippen LogP contribution in [0, 0.1) is 0 Å². The van der Waals surface area contributed by atoms with Crippen molar-refractivity contribution < 1.29 is 0 Å². The Morgan fingerprint density at radius 3 is 2.15 bits per heavy atom. The summed E-state index contributed by atoms with van der Waals surface area (Å²) < 4.78 is 0. The van der Waals surface area contributed by atoms with Gasteiger partial charge in [-0.05, 0) is 81.8 Å². The first-order valence-electron chi connectivity index (χ1n) is 9.69. The van der Waals surface area contributed by atoms with Crippen molar-refractivity contribution in [1.82, 2.24) is 0 Å². The second-order valence-electron chi connectivity index (χ2n) is 7.31. The molecule has 0 bridgehead atoms. The summed E-state index contributed by atoms with van der Waals surface area (Å²) in [5, 5.41) is 0. The van der Waals surface area contributed by atoms with Gasteiger partial charge < -0.3 is 0 Å². The minimum Gasteiger partial charge on any atom is -0.137 e. The zero-order chi connectivity index (χ0) is 18.8. The molecule has 4 rings (SSSR count). The Kier molecular flexibility index (Phi) is 6.09. The molecule has 1 aliphatic rings. The molecule has 0 fully saturated rings. The van der Waals surface area contributed by atoms with Gasteiger partial charge in [-0.3, -0.25) is 0 Å². The highest BCUT2D eigenvalue weighted by Crippen LogP contribution is 2.40. The fraction of sp³-hybridized carbons (Fsp3) is 0.250. The minimum atomic E-state index is 0.713. The molecule has 0 saturated heterocycles. The number of hydrogen-bond donors (Lipinski definition) is 0. The number of benzene rings is 3. The molecule has 4 unspecified atom stereocenters. The molecule has 0 aromatic heterocycles.